The number of rotatable bonds is 4. The van der Waals surface area contributed by atoms with Crippen molar-refractivity contribution in [3.8, 4) is 0 Å². The predicted molar refractivity (Wildman–Crippen MR) is 77.4 cm³/mol. The van der Waals surface area contributed by atoms with Crippen LogP contribution in [0.5, 0.6) is 0 Å². The SMILES string of the molecule is O=C(O)NCc1ccc(Sc2ccc(F)c(Br)c2)s1. The third-order valence-electron chi connectivity index (χ3n) is 2.16. The van der Waals surface area contributed by atoms with Crippen LogP contribution in [-0.2, 0) is 6.54 Å². The first-order valence-electron chi connectivity index (χ1n) is 5.23. The fourth-order valence-electron chi connectivity index (χ4n) is 1.33. The summed E-state index contributed by atoms with van der Waals surface area (Å²) >= 11 is 6.17. The van der Waals surface area contributed by atoms with Gasteiger partial charge in [0.05, 0.1) is 15.2 Å². The number of amides is 1. The molecule has 1 amide bonds. The summed E-state index contributed by atoms with van der Waals surface area (Å²) in [5, 5.41) is 10.8. The molecule has 0 saturated carbocycles. The van der Waals surface area contributed by atoms with Crippen LogP contribution in [0, 0.1) is 5.82 Å². The number of benzene rings is 1. The van der Waals surface area contributed by atoms with E-state index in [9.17, 15) is 9.18 Å². The summed E-state index contributed by atoms with van der Waals surface area (Å²) in [5.74, 6) is -0.290. The van der Waals surface area contributed by atoms with Crippen molar-refractivity contribution >= 4 is 45.1 Å². The Morgan fingerprint density at radius 2 is 2.21 bits per heavy atom. The highest BCUT2D eigenvalue weighted by Gasteiger charge is 2.06. The molecule has 2 aromatic rings. The Morgan fingerprint density at radius 1 is 1.42 bits per heavy atom. The van der Waals surface area contributed by atoms with E-state index >= 15 is 0 Å². The lowest BCUT2D eigenvalue weighted by molar-refractivity contribution is 0.194. The van der Waals surface area contributed by atoms with Crippen LogP contribution in [0.25, 0.3) is 0 Å². The molecule has 3 nitrogen and oxygen atoms in total. The highest BCUT2D eigenvalue weighted by molar-refractivity contribution is 9.10. The quantitative estimate of drug-likeness (QED) is 0.838. The molecule has 0 atom stereocenters. The predicted octanol–water partition coefficient (Wildman–Crippen LogP) is 4.57. The average molecular weight is 362 g/mol. The molecule has 0 spiro atoms. The first-order valence-corrected chi connectivity index (χ1v) is 7.65. The summed E-state index contributed by atoms with van der Waals surface area (Å²) in [4.78, 5) is 12.2. The second kappa shape index (κ2) is 6.40. The molecule has 1 heterocycles. The monoisotopic (exact) mass is 361 g/mol. The number of hydrogen-bond acceptors (Lipinski definition) is 3. The van der Waals surface area contributed by atoms with E-state index < -0.39 is 6.09 Å². The van der Waals surface area contributed by atoms with Gasteiger partial charge >= 0.3 is 6.09 Å². The summed E-state index contributed by atoms with van der Waals surface area (Å²) in [6, 6.07) is 8.63. The van der Waals surface area contributed by atoms with Gasteiger partial charge in [-0.3, -0.25) is 0 Å². The fraction of sp³-hybridized carbons (Fsp3) is 0.0833. The second-order valence-electron chi connectivity index (χ2n) is 3.56. The Morgan fingerprint density at radius 3 is 2.89 bits per heavy atom. The minimum absolute atomic E-state index is 0.290. The van der Waals surface area contributed by atoms with Crippen LogP contribution in [0.1, 0.15) is 4.88 Å². The Kier molecular flexibility index (Phi) is 4.84. The zero-order chi connectivity index (χ0) is 13.8. The van der Waals surface area contributed by atoms with Gasteiger partial charge in [0, 0.05) is 9.77 Å². The van der Waals surface area contributed by atoms with Gasteiger partial charge in [0.1, 0.15) is 5.82 Å². The van der Waals surface area contributed by atoms with E-state index in [0.717, 1.165) is 14.0 Å². The number of hydrogen-bond donors (Lipinski definition) is 2. The van der Waals surface area contributed by atoms with Crippen LogP contribution < -0.4 is 5.32 Å². The van der Waals surface area contributed by atoms with Gasteiger partial charge in [0.15, 0.2) is 0 Å². The maximum Gasteiger partial charge on any atom is 0.404 e. The molecule has 0 unspecified atom stereocenters. The van der Waals surface area contributed by atoms with Crippen molar-refractivity contribution < 1.29 is 14.3 Å². The van der Waals surface area contributed by atoms with Crippen LogP contribution in [0.3, 0.4) is 0 Å². The van der Waals surface area contributed by atoms with Gasteiger partial charge in [0.2, 0.25) is 0 Å². The molecule has 0 saturated heterocycles. The second-order valence-corrected chi connectivity index (χ2v) is 6.95. The minimum atomic E-state index is -1.04. The summed E-state index contributed by atoms with van der Waals surface area (Å²) in [6.45, 7) is 0.299. The standard InChI is InChI=1S/C12H9BrFNO2S2/c13-9-5-7(1-3-10(9)14)18-11-4-2-8(19-11)6-15-12(16)17/h1-5,15H,6H2,(H,16,17). The van der Waals surface area contributed by atoms with Crippen LogP contribution in [0.4, 0.5) is 9.18 Å². The van der Waals surface area contributed by atoms with Crippen molar-refractivity contribution in [1.82, 2.24) is 5.32 Å². The van der Waals surface area contributed by atoms with E-state index in [1.54, 1.807) is 12.1 Å². The molecule has 1 aromatic heterocycles. The molecule has 0 aliphatic heterocycles. The zero-order valence-corrected chi connectivity index (χ0v) is 12.7. The van der Waals surface area contributed by atoms with Crippen molar-refractivity contribution in [2.45, 2.75) is 15.6 Å². The van der Waals surface area contributed by atoms with Gasteiger partial charge in [-0.25, -0.2) is 9.18 Å². The topological polar surface area (TPSA) is 49.3 Å². The van der Waals surface area contributed by atoms with Gasteiger partial charge < -0.3 is 10.4 Å². The smallest absolute Gasteiger partial charge is 0.404 e. The lowest BCUT2D eigenvalue weighted by atomic mass is 10.3. The van der Waals surface area contributed by atoms with E-state index in [0.29, 0.717) is 11.0 Å². The average Bonchev–Trinajstić information content (AvgIpc) is 2.79. The zero-order valence-electron chi connectivity index (χ0n) is 9.52. The molecule has 0 bridgehead atoms. The van der Waals surface area contributed by atoms with Crippen LogP contribution >= 0.6 is 39.0 Å². The van der Waals surface area contributed by atoms with Crippen molar-refractivity contribution in [1.29, 1.82) is 0 Å². The lowest BCUT2D eigenvalue weighted by Crippen LogP contribution is -2.19. The van der Waals surface area contributed by atoms with Crippen molar-refractivity contribution in [2.24, 2.45) is 0 Å². The molecule has 0 fully saturated rings. The van der Waals surface area contributed by atoms with E-state index in [2.05, 4.69) is 21.2 Å². The molecule has 19 heavy (non-hydrogen) atoms. The number of halogens is 2. The van der Waals surface area contributed by atoms with E-state index in [-0.39, 0.29) is 5.82 Å². The van der Waals surface area contributed by atoms with Crippen LogP contribution in [0.15, 0.2) is 43.9 Å². The van der Waals surface area contributed by atoms with Gasteiger partial charge in [-0.1, -0.05) is 11.8 Å². The molecule has 7 heteroatoms. The fourth-order valence-corrected chi connectivity index (χ4v) is 3.99. The highest BCUT2D eigenvalue weighted by Crippen LogP contribution is 2.35. The third-order valence-corrected chi connectivity index (χ3v) is 4.97. The maximum atomic E-state index is 13.1. The lowest BCUT2D eigenvalue weighted by Gasteiger charge is -2.00. The van der Waals surface area contributed by atoms with Crippen LogP contribution in [-0.4, -0.2) is 11.2 Å². The number of thiophene rings is 1. The van der Waals surface area contributed by atoms with Crippen molar-refractivity contribution in [3.63, 3.8) is 0 Å². The Bertz CT molecular complexity index is 603. The van der Waals surface area contributed by atoms with Gasteiger partial charge in [-0.05, 0) is 46.3 Å². The molecule has 100 valence electrons. The first-order chi connectivity index (χ1) is 9.04. The van der Waals surface area contributed by atoms with Crippen LogP contribution in [0.2, 0.25) is 0 Å². The van der Waals surface area contributed by atoms with Gasteiger partial charge in [0.25, 0.3) is 0 Å². The minimum Gasteiger partial charge on any atom is -0.465 e. The molecule has 0 radical (unpaired) electrons. The van der Waals surface area contributed by atoms with E-state index in [4.69, 9.17) is 5.11 Å². The molecule has 0 aliphatic rings. The van der Waals surface area contributed by atoms with E-state index in [1.165, 1.54) is 29.2 Å². The summed E-state index contributed by atoms with van der Waals surface area (Å²) in [5.41, 5.74) is 0. The first kappa shape index (κ1) is 14.4. The molecular formula is C12H9BrFNO2S2. The molecule has 1 aromatic carbocycles. The molecule has 2 N–H and O–H groups in total. The van der Waals surface area contributed by atoms with E-state index in [1.807, 2.05) is 12.1 Å². The number of nitrogens with one attached hydrogen (secondary N) is 1. The van der Waals surface area contributed by atoms with Gasteiger partial charge in [-0.15, -0.1) is 11.3 Å². The summed E-state index contributed by atoms with van der Waals surface area (Å²) in [6.07, 6.45) is -1.04. The normalized spacial score (nSPS) is 10.4. The number of carboxylic acid groups (broad SMARTS) is 1. The van der Waals surface area contributed by atoms with Gasteiger partial charge in [-0.2, -0.15) is 0 Å². The third kappa shape index (κ3) is 4.22. The molecule has 2 rings (SSSR count). The summed E-state index contributed by atoms with van der Waals surface area (Å²) in [7, 11) is 0. The Balaban J connectivity index is 2.02. The van der Waals surface area contributed by atoms with Crippen molar-refractivity contribution in [2.75, 3.05) is 0 Å². The highest BCUT2D eigenvalue weighted by atomic mass is 79.9. The molecular weight excluding hydrogens is 353 g/mol. The Hall–Kier alpha value is -1.05. The number of carbonyl (C=O) groups is 1. The maximum absolute atomic E-state index is 13.1. The Labute approximate surface area is 126 Å². The molecule has 0 aliphatic carbocycles. The van der Waals surface area contributed by atoms with Crippen molar-refractivity contribution in [3.05, 3.63) is 45.5 Å². The largest absolute Gasteiger partial charge is 0.465 e. The summed E-state index contributed by atoms with van der Waals surface area (Å²) < 4.78 is 14.6.